The average Bonchev–Trinajstić information content (AvgIpc) is 2.39. The minimum absolute atomic E-state index is 0.199. The molecule has 1 fully saturated rings. The van der Waals surface area contributed by atoms with Crippen LogP contribution in [0.4, 0.5) is 5.69 Å². The molecular formula is C14H19ClN2OS. The van der Waals surface area contributed by atoms with Gasteiger partial charge >= 0.3 is 0 Å². The normalized spacial score (nSPS) is 19.5. The number of hydrogen-bond donors (Lipinski definition) is 2. The molecule has 104 valence electrons. The van der Waals surface area contributed by atoms with E-state index in [1.807, 2.05) is 18.2 Å². The number of nitrogens with zero attached hydrogens (tertiary/aromatic N) is 1. The maximum absolute atomic E-state index is 9.21. The number of thiocarbonyl (C=S) groups is 1. The van der Waals surface area contributed by atoms with Gasteiger partial charge in [0.25, 0.3) is 0 Å². The van der Waals surface area contributed by atoms with Gasteiger partial charge in [-0.25, -0.2) is 0 Å². The van der Waals surface area contributed by atoms with Gasteiger partial charge in [-0.2, -0.15) is 0 Å². The van der Waals surface area contributed by atoms with Gasteiger partial charge in [-0.1, -0.05) is 23.8 Å². The van der Waals surface area contributed by atoms with Crippen LogP contribution in [0.15, 0.2) is 18.2 Å². The summed E-state index contributed by atoms with van der Waals surface area (Å²) in [7, 11) is 0. The van der Waals surface area contributed by atoms with Crippen LogP contribution >= 0.6 is 23.8 Å². The van der Waals surface area contributed by atoms with E-state index in [-0.39, 0.29) is 6.61 Å². The predicted octanol–water partition coefficient (Wildman–Crippen LogP) is 2.72. The number of anilines is 1. The Hall–Kier alpha value is -0.840. The number of piperidine rings is 1. The van der Waals surface area contributed by atoms with Crippen molar-refractivity contribution in [1.29, 1.82) is 0 Å². The number of halogens is 1. The summed E-state index contributed by atoms with van der Waals surface area (Å²) in [5.74, 6) is 0. The van der Waals surface area contributed by atoms with Gasteiger partial charge in [0.05, 0.1) is 0 Å². The molecular weight excluding hydrogens is 280 g/mol. The van der Waals surface area contributed by atoms with Crippen molar-refractivity contribution in [3.63, 3.8) is 0 Å². The fourth-order valence-corrected chi connectivity index (χ4v) is 3.06. The molecule has 3 N–H and O–H groups in total. The Morgan fingerprint density at radius 2 is 2.26 bits per heavy atom. The molecule has 1 aromatic rings. The SMILES string of the molecule is NC(=S)c1ccc(Cl)cc1N1CCCCC1CCO. The Morgan fingerprint density at radius 1 is 1.47 bits per heavy atom. The molecule has 0 aliphatic carbocycles. The van der Waals surface area contributed by atoms with E-state index in [4.69, 9.17) is 29.6 Å². The smallest absolute Gasteiger partial charge is 0.106 e. The monoisotopic (exact) mass is 298 g/mol. The van der Waals surface area contributed by atoms with Gasteiger partial charge in [0.1, 0.15) is 4.99 Å². The highest BCUT2D eigenvalue weighted by Crippen LogP contribution is 2.31. The summed E-state index contributed by atoms with van der Waals surface area (Å²) in [5.41, 5.74) is 7.67. The van der Waals surface area contributed by atoms with Crippen LogP contribution in [-0.4, -0.2) is 29.3 Å². The van der Waals surface area contributed by atoms with Crippen molar-refractivity contribution in [3.8, 4) is 0 Å². The number of rotatable bonds is 4. The summed E-state index contributed by atoms with van der Waals surface area (Å²) in [6.07, 6.45) is 4.20. The van der Waals surface area contributed by atoms with Crippen molar-refractivity contribution in [2.24, 2.45) is 5.73 Å². The highest BCUT2D eigenvalue weighted by molar-refractivity contribution is 7.80. The van der Waals surface area contributed by atoms with E-state index in [9.17, 15) is 5.11 Å². The zero-order chi connectivity index (χ0) is 13.8. The summed E-state index contributed by atoms with van der Waals surface area (Å²) >= 11 is 11.2. The third kappa shape index (κ3) is 3.38. The Balaban J connectivity index is 2.37. The molecule has 1 atom stereocenters. The van der Waals surface area contributed by atoms with Gasteiger partial charge in [0.2, 0.25) is 0 Å². The molecule has 0 saturated carbocycles. The second-order valence-electron chi connectivity index (χ2n) is 4.88. The number of benzene rings is 1. The molecule has 1 heterocycles. The molecule has 0 radical (unpaired) electrons. The number of hydrogen-bond acceptors (Lipinski definition) is 3. The molecule has 1 unspecified atom stereocenters. The summed E-state index contributed by atoms with van der Waals surface area (Å²) in [4.78, 5) is 2.68. The summed E-state index contributed by atoms with van der Waals surface area (Å²) in [6.45, 7) is 1.16. The standard InChI is InChI=1S/C14H19ClN2OS/c15-10-4-5-12(14(16)19)13(9-10)17-7-2-1-3-11(17)6-8-18/h4-5,9,11,18H,1-3,6-8H2,(H2,16,19). The molecule has 1 aliphatic rings. The van der Waals surface area contributed by atoms with E-state index in [1.165, 1.54) is 6.42 Å². The molecule has 1 saturated heterocycles. The highest BCUT2D eigenvalue weighted by Gasteiger charge is 2.24. The van der Waals surface area contributed by atoms with Gasteiger partial charge in [-0.3, -0.25) is 0 Å². The average molecular weight is 299 g/mol. The topological polar surface area (TPSA) is 49.5 Å². The molecule has 0 spiro atoms. The lowest BCUT2D eigenvalue weighted by molar-refractivity contribution is 0.262. The Morgan fingerprint density at radius 3 is 2.95 bits per heavy atom. The third-order valence-electron chi connectivity index (χ3n) is 3.62. The first-order valence-corrected chi connectivity index (χ1v) is 7.39. The van der Waals surface area contributed by atoms with Crippen molar-refractivity contribution in [1.82, 2.24) is 0 Å². The molecule has 1 aliphatic heterocycles. The van der Waals surface area contributed by atoms with Gasteiger partial charge in [-0.05, 0) is 43.9 Å². The summed E-state index contributed by atoms with van der Waals surface area (Å²) in [6, 6.07) is 5.95. The highest BCUT2D eigenvalue weighted by atomic mass is 35.5. The second-order valence-corrected chi connectivity index (χ2v) is 5.76. The minimum atomic E-state index is 0.199. The van der Waals surface area contributed by atoms with Crippen LogP contribution in [0.1, 0.15) is 31.2 Å². The first-order chi connectivity index (χ1) is 9.13. The van der Waals surface area contributed by atoms with Crippen molar-refractivity contribution >= 4 is 34.5 Å². The first kappa shape index (κ1) is 14.6. The molecule has 19 heavy (non-hydrogen) atoms. The van der Waals surface area contributed by atoms with Gasteiger partial charge in [-0.15, -0.1) is 0 Å². The molecule has 0 bridgehead atoms. The molecule has 3 nitrogen and oxygen atoms in total. The van der Waals surface area contributed by atoms with E-state index >= 15 is 0 Å². The van der Waals surface area contributed by atoms with E-state index < -0.39 is 0 Å². The fraction of sp³-hybridized carbons (Fsp3) is 0.500. The van der Waals surface area contributed by atoms with E-state index in [1.54, 1.807) is 0 Å². The zero-order valence-electron chi connectivity index (χ0n) is 10.8. The lowest BCUT2D eigenvalue weighted by atomic mass is 9.97. The zero-order valence-corrected chi connectivity index (χ0v) is 12.4. The predicted molar refractivity (Wildman–Crippen MR) is 84.0 cm³/mol. The maximum Gasteiger partial charge on any atom is 0.106 e. The molecule has 2 rings (SSSR count). The molecule has 0 amide bonds. The van der Waals surface area contributed by atoms with Crippen molar-refractivity contribution < 1.29 is 5.11 Å². The number of aliphatic hydroxyl groups is 1. The van der Waals surface area contributed by atoms with Crippen LogP contribution in [-0.2, 0) is 0 Å². The van der Waals surface area contributed by atoms with Crippen molar-refractivity contribution in [3.05, 3.63) is 28.8 Å². The lowest BCUT2D eigenvalue weighted by Crippen LogP contribution is -2.41. The Labute approximate surface area is 124 Å². The van der Waals surface area contributed by atoms with Crippen LogP contribution < -0.4 is 10.6 Å². The van der Waals surface area contributed by atoms with E-state index in [0.29, 0.717) is 16.1 Å². The van der Waals surface area contributed by atoms with E-state index in [0.717, 1.165) is 37.1 Å². The third-order valence-corrected chi connectivity index (χ3v) is 4.08. The largest absolute Gasteiger partial charge is 0.396 e. The van der Waals surface area contributed by atoms with E-state index in [2.05, 4.69) is 4.90 Å². The van der Waals surface area contributed by atoms with Crippen molar-refractivity contribution in [2.45, 2.75) is 31.7 Å². The van der Waals surface area contributed by atoms with Gasteiger partial charge < -0.3 is 15.7 Å². The van der Waals surface area contributed by atoms with Crippen LogP contribution in [0.5, 0.6) is 0 Å². The summed E-state index contributed by atoms with van der Waals surface area (Å²) < 4.78 is 0. The minimum Gasteiger partial charge on any atom is -0.396 e. The quantitative estimate of drug-likeness (QED) is 0.839. The summed E-state index contributed by atoms with van der Waals surface area (Å²) in [5, 5.41) is 9.90. The Kier molecular flexibility index (Phi) is 5.02. The van der Waals surface area contributed by atoms with Crippen molar-refractivity contribution in [2.75, 3.05) is 18.1 Å². The molecule has 0 aromatic heterocycles. The Bertz CT molecular complexity index is 465. The maximum atomic E-state index is 9.21. The molecule has 1 aromatic carbocycles. The fourth-order valence-electron chi connectivity index (χ4n) is 2.72. The number of aliphatic hydroxyl groups excluding tert-OH is 1. The van der Waals surface area contributed by atoms with Crippen LogP contribution in [0.25, 0.3) is 0 Å². The van der Waals surface area contributed by atoms with Gasteiger partial charge in [0.15, 0.2) is 0 Å². The first-order valence-electron chi connectivity index (χ1n) is 6.60. The lowest BCUT2D eigenvalue weighted by Gasteiger charge is -2.38. The van der Waals surface area contributed by atoms with Crippen LogP contribution in [0.2, 0.25) is 5.02 Å². The molecule has 5 heteroatoms. The van der Waals surface area contributed by atoms with Crippen LogP contribution in [0, 0.1) is 0 Å². The van der Waals surface area contributed by atoms with Crippen LogP contribution in [0.3, 0.4) is 0 Å². The number of nitrogens with two attached hydrogens (primary N) is 1. The second kappa shape index (κ2) is 6.55. The van der Waals surface area contributed by atoms with Gasteiger partial charge in [0, 0.05) is 35.5 Å².